The summed E-state index contributed by atoms with van der Waals surface area (Å²) in [7, 11) is 1.72. The Labute approximate surface area is 193 Å². The van der Waals surface area contributed by atoms with E-state index in [-0.39, 0.29) is 17.7 Å². The minimum atomic E-state index is -0.609. The van der Waals surface area contributed by atoms with Gasteiger partial charge in [-0.1, -0.05) is 37.1 Å². The van der Waals surface area contributed by atoms with Crippen LogP contribution in [0.3, 0.4) is 0 Å². The lowest BCUT2D eigenvalue weighted by molar-refractivity contribution is -0.119. The van der Waals surface area contributed by atoms with Crippen molar-refractivity contribution < 1.29 is 14.1 Å². The Balaban J connectivity index is 1.51. The fraction of sp³-hybridized carbons (Fsp3) is 0.440. The molecule has 3 aromatic rings. The Morgan fingerprint density at radius 3 is 2.36 bits per heavy atom. The zero-order chi connectivity index (χ0) is 23.5. The lowest BCUT2D eigenvalue weighted by Gasteiger charge is -2.32. The van der Waals surface area contributed by atoms with Crippen molar-refractivity contribution in [1.82, 2.24) is 20.3 Å². The molecule has 4 rings (SSSR count). The molecule has 0 aliphatic heterocycles. The molecule has 1 saturated carbocycles. The summed E-state index contributed by atoms with van der Waals surface area (Å²) < 4.78 is 6.78. The van der Waals surface area contributed by atoms with Crippen LogP contribution in [0.25, 0.3) is 11.1 Å². The number of anilines is 1. The van der Waals surface area contributed by atoms with Crippen molar-refractivity contribution in [1.29, 1.82) is 0 Å². The second-order valence-corrected chi connectivity index (χ2v) is 9.08. The number of carbonyl (C=O) groups excluding carboxylic acids is 2. The topological polar surface area (TPSA) is 102 Å². The number of carbonyl (C=O) groups is 2. The van der Waals surface area contributed by atoms with Crippen LogP contribution in [0.4, 0.5) is 5.69 Å². The molecule has 0 radical (unpaired) electrons. The van der Waals surface area contributed by atoms with E-state index in [1.54, 1.807) is 19.3 Å². The summed E-state index contributed by atoms with van der Waals surface area (Å²) in [5, 5.41) is 14.1. The standard InChI is InChI=1S/C25H31N5O3/c1-15-5-7-19(8-6-15)23(28-24(31)21-13-14-26-30(21)4)25(32)27-20-11-9-18(10-12-20)22-16(2)29-33-17(22)3/h9-15,19,23H,5-8H2,1-4H3,(H,27,32)(H,28,31)/t15?,19?,23-/m0/s1. The van der Waals surface area contributed by atoms with Crippen LogP contribution in [-0.4, -0.2) is 32.8 Å². The Morgan fingerprint density at radius 1 is 1.09 bits per heavy atom. The molecule has 1 atom stereocenters. The lowest BCUT2D eigenvalue weighted by Crippen LogP contribution is -2.49. The molecule has 2 N–H and O–H groups in total. The van der Waals surface area contributed by atoms with Gasteiger partial charge in [-0.25, -0.2) is 0 Å². The van der Waals surface area contributed by atoms with E-state index in [0.29, 0.717) is 17.3 Å². The van der Waals surface area contributed by atoms with E-state index in [1.165, 1.54) is 4.68 Å². The molecule has 1 fully saturated rings. The van der Waals surface area contributed by atoms with E-state index >= 15 is 0 Å². The van der Waals surface area contributed by atoms with Gasteiger partial charge in [0.05, 0.1) is 5.69 Å². The molecule has 8 nitrogen and oxygen atoms in total. The number of hydrogen-bond donors (Lipinski definition) is 2. The first-order valence-corrected chi connectivity index (χ1v) is 11.5. The molecule has 2 heterocycles. The number of rotatable bonds is 6. The fourth-order valence-electron chi connectivity index (χ4n) is 4.66. The molecule has 2 amide bonds. The smallest absolute Gasteiger partial charge is 0.270 e. The van der Waals surface area contributed by atoms with E-state index in [4.69, 9.17) is 4.52 Å². The summed E-state index contributed by atoms with van der Waals surface area (Å²) in [4.78, 5) is 26.2. The van der Waals surface area contributed by atoms with Gasteiger partial charge in [-0.15, -0.1) is 0 Å². The van der Waals surface area contributed by atoms with Crippen molar-refractivity contribution in [2.75, 3.05) is 5.32 Å². The van der Waals surface area contributed by atoms with Gasteiger partial charge in [-0.05, 0) is 62.3 Å². The van der Waals surface area contributed by atoms with Crippen LogP contribution in [-0.2, 0) is 11.8 Å². The summed E-state index contributed by atoms with van der Waals surface area (Å²) in [6.45, 7) is 6.02. The predicted octanol–water partition coefficient (Wildman–Crippen LogP) is 4.26. The van der Waals surface area contributed by atoms with Crippen molar-refractivity contribution in [3.63, 3.8) is 0 Å². The van der Waals surface area contributed by atoms with Crippen LogP contribution in [0.5, 0.6) is 0 Å². The monoisotopic (exact) mass is 449 g/mol. The van der Waals surface area contributed by atoms with Crippen molar-refractivity contribution >= 4 is 17.5 Å². The highest BCUT2D eigenvalue weighted by Gasteiger charge is 2.33. The summed E-state index contributed by atoms with van der Waals surface area (Å²) in [6.07, 6.45) is 5.52. The van der Waals surface area contributed by atoms with Gasteiger partial charge >= 0.3 is 0 Å². The quantitative estimate of drug-likeness (QED) is 0.586. The predicted molar refractivity (Wildman–Crippen MR) is 126 cm³/mol. The van der Waals surface area contributed by atoms with Gasteiger partial charge in [0.25, 0.3) is 5.91 Å². The maximum atomic E-state index is 13.3. The minimum Gasteiger partial charge on any atom is -0.361 e. The molecule has 1 aromatic carbocycles. The second-order valence-electron chi connectivity index (χ2n) is 9.08. The molecule has 0 saturated heterocycles. The molecule has 2 aromatic heterocycles. The maximum Gasteiger partial charge on any atom is 0.270 e. The lowest BCUT2D eigenvalue weighted by atomic mass is 9.79. The molecular formula is C25H31N5O3. The third kappa shape index (κ3) is 4.99. The van der Waals surface area contributed by atoms with Crippen molar-refractivity contribution in [2.24, 2.45) is 18.9 Å². The minimum absolute atomic E-state index is 0.0972. The van der Waals surface area contributed by atoms with Crippen molar-refractivity contribution in [3.05, 3.63) is 53.7 Å². The third-order valence-electron chi connectivity index (χ3n) is 6.63. The zero-order valence-corrected chi connectivity index (χ0v) is 19.6. The second kappa shape index (κ2) is 9.60. The summed E-state index contributed by atoms with van der Waals surface area (Å²) in [5.41, 5.74) is 3.88. The van der Waals surface area contributed by atoms with Gasteiger partial charge in [-0.2, -0.15) is 5.10 Å². The number of aromatic nitrogens is 3. The normalized spacial score (nSPS) is 19.2. The first-order valence-electron chi connectivity index (χ1n) is 11.5. The van der Waals surface area contributed by atoms with Crippen LogP contribution in [0, 0.1) is 25.7 Å². The zero-order valence-electron chi connectivity index (χ0n) is 19.6. The number of aryl methyl sites for hydroxylation is 3. The summed E-state index contributed by atoms with van der Waals surface area (Å²) in [5.74, 6) is 1.01. The largest absolute Gasteiger partial charge is 0.361 e. The first kappa shape index (κ1) is 22.8. The molecule has 1 aliphatic carbocycles. The van der Waals surface area contributed by atoms with Gasteiger partial charge in [-0.3, -0.25) is 14.3 Å². The molecule has 0 bridgehead atoms. The van der Waals surface area contributed by atoms with E-state index in [0.717, 1.165) is 48.3 Å². The number of amides is 2. The van der Waals surface area contributed by atoms with E-state index in [1.807, 2.05) is 38.1 Å². The molecule has 0 unspecified atom stereocenters. The van der Waals surface area contributed by atoms with Gasteiger partial charge in [0, 0.05) is 24.5 Å². The molecule has 1 aliphatic rings. The highest BCUT2D eigenvalue weighted by molar-refractivity contribution is 6.00. The average Bonchev–Trinajstić information content (AvgIpc) is 3.38. The van der Waals surface area contributed by atoms with Gasteiger partial charge in [0.15, 0.2) is 0 Å². The SMILES string of the molecule is Cc1noc(C)c1-c1ccc(NC(=O)[C@@H](NC(=O)c2ccnn2C)C2CCC(C)CC2)cc1. The number of nitrogens with zero attached hydrogens (tertiary/aromatic N) is 3. The molecule has 33 heavy (non-hydrogen) atoms. The number of benzene rings is 1. The van der Waals surface area contributed by atoms with Gasteiger partial charge < -0.3 is 15.2 Å². The van der Waals surface area contributed by atoms with Crippen LogP contribution in [0.15, 0.2) is 41.1 Å². The molecule has 8 heteroatoms. The number of nitrogens with one attached hydrogen (secondary N) is 2. The van der Waals surface area contributed by atoms with Crippen LogP contribution in [0.1, 0.15) is 54.5 Å². The Morgan fingerprint density at radius 2 is 1.79 bits per heavy atom. The van der Waals surface area contributed by atoms with Crippen LogP contribution < -0.4 is 10.6 Å². The Bertz CT molecular complexity index is 1100. The average molecular weight is 450 g/mol. The summed E-state index contributed by atoms with van der Waals surface area (Å²) >= 11 is 0. The molecule has 174 valence electrons. The third-order valence-corrected chi connectivity index (χ3v) is 6.63. The van der Waals surface area contributed by atoms with Crippen molar-refractivity contribution in [2.45, 2.75) is 52.5 Å². The van der Waals surface area contributed by atoms with Gasteiger partial charge in [0.1, 0.15) is 17.5 Å². The van der Waals surface area contributed by atoms with Crippen LogP contribution >= 0.6 is 0 Å². The Kier molecular flexibility index (Phi) is 6.62. The van der Waals surface area contributed by atoms with E-state index in [9.17, 15) is 9.59 Å². The van der Waals surface area contributed by atoms with Crippen molar-refractivity contribution in [3.8, 4) is 11.1 Å². The fourth-order valence-corrected chi connectivity index (χ4v) is 4.66. The number of hydrogen-bond acceptors (Lipinski definition) is 5. The van der Waals surface area contributed by atoms with Crippen LogP contribution in [0.2, 0.25) is 0 Å². The summed E-state index contributed by atoms with van der Waals surface area (Å²) in [6, 6.07) is 8.65. The van der Waals surface area contributed by atoms with Gasteiger partial charge in [0.2, 0.25) is 5.91 Å². The maximum absolute atomic E-state index is 13.3. The highest BCUT2D eigenvalue weighted by Crippen LogP contribution is 2.32. The molecular weight excluding hydrogens is 418 g/mol. The highest BCUT2D eigenvalue weighted by atomic mass is 16.5. The molecule has 0 spiro atoms. The Hall–Kier alpha value is -3.42. The first-order chi connectivity index (χ1) is 15.8. The van der Waals surface area contributed by atoms with E-state index in [2.05, 4.69) is 27.8 Å². The van der Waals surface area contributed by atoms with E-state index < -0.39 is 6.04 Å².